The SMILES string of the molecule is CC(C)(C)c1cc(-c2cc(-c3ccc(C(=O)O)cn3)ccc2OCCCO)ccc1N1CCCC1. The van der Waals surface area contributed by atoms with E-state index in [4.69, 9.17) is 4.74 Å². The molecule has 184 valence electrons. The molecule has 2 heterocycles. The van der Waals surface area contributed by atoms with Gasteiger partial charge in [0.15, 0.2) is 0 Å². The second-order valence-corrected chi connectivity index (χ2v) is 10.0. The maximum atomic E-state index is 11.2. The van der Waals surface area contributed by atoms with E-state index in [0.29, 0.717) is 18.7 Å². The first-order valence-corrected chi connectivity index (χ1v) is 12.3. The number of rotatable bonds is 8. The number of pyridine rings is 1. The topological polar surface area (TPSA) is 82.9 Å². The fourth-order valence-electron chi connectivity index (χ4n) is 4.52. The molecule has 1 aromatic heterocycles. The molecule has 35 heavy (non-hydrogen) atoms. The van der Waals surface area contributed by atoms with Crippen LogP contribution in [0, 0.1) is 0 Å². The van der Waals surface area contributed by atoms with Crippen molar-refractivity contribution in [2.45, 2.75) is 45.4 Å². The summed E-state index contributed by atoms with van der Waals surface area (Å²) in [5, 5.41) is 18.4. The van der Waals surface area contributed by atoms with Gasteiger partial charge in [0.1, 0.15) is 5.75 Å². The molecule has 1 saturated heterocycles. The van der Waals surface area contributed by atoms with Crippen molar-refractivity contribution in [3.05, 3.63) is 65.9 Å². The summed E-state index contributed by atoms with van der Waals surface area (Å²) < 4.78 is 6.06. The van der Waals surface area contributed by atoms with Crippen molar-refractivity contribution in [1.82, 2.24) is 4.98 Å². The molecular formula is C29H34N2O4. The fourth-order valence-corrected chi connectivity index (χ4v) is 4.52. The second kappa shape index (κ2) is 10.5. The van der Waals surface area contributed by atoms with Crippen molar-refractivity contribution in [1.29, 1.82) is 0 Å². The zero-order chi connectivity index (χ0) is 25.0. The Morgan fingerprint density at radius 1 is 1.03 bits per heavy atom. The Hall–Kier alpha value is -3.38. The Labute approximate surface area is 207 Å². The molecule has 0 spiro atoms. The molecule has 0 radical (unpaired) electrons. The van der Waals surface area contributed by atoms with E-state index in [2.05, 4.69) is 48.9 Å². The van der Waals surface area contributed by atoms with Gasteiger partial charge in [0.25, 0.3) is 0 Å². The lowest BCUT2D eigenvalue weighted by Gasteiger charge is -2.29. The highest BCUT2D eigenvalue weighted by molar-refractivity contribution is 5.87. The molecule has 0 bridgehead atoms. The van der Waals surface area contributed by atoms with Gasteiger partial charge in [-0.3, -0.25) is 4.98 Å². The zero-order valence-electron chi connectivity index (χ0n) is 20.8. The van der Waals surface area contributed by atoms with Crippen LogP contribution in [0.1, 0.15) is 56.0 Å². The van der Waals surface area contributed by atoms with E-state index in [9.17, 15) is 15.0 Å². The molecule has 6 nitrogen and oxygen atoms in total. The zero-order valence-corrected chi connectivity index (χ0v) is 20.8. The number of anilines is 1. The number of aromatic nitrogens is 1. The van der Waals surface area contributed by atoms with Gasteiger partial charge >= 0.3 is 5.97 Å². The molecule has 1 fully saturated rings. The molecule has 2 aromatic carbocycles. The summed E-state index contributed by atoms with van der Waals surface area (Å²) in [6, 6.07) is 15.9. The lowest BCUT2D eigenvalue weighted by molar-refractivity contribution is 0.0696. The molecule has 0 unspecified atom stereocenters. The Bertz CT molecular complexity index is 1180. The number of aliphatic hydroxyl groups excluding tert-OH is 1. The summed E-state index contributed by atoms with van der Waals surface area (Å²) in [4.78, 5) is 18.1. The van der Waals surface area contributed by atoms with E-state index >= 15 is 0 Å². The largest absolute Gasteiger partial charge is 0.493 e. The van der Waals surface area contributed by atoms with Gasteiger partial charge in [0.2, 0.25) is 0 Å². The third-order valence-electron chi connectivity index (χ3n) is 6.41. The lowest BCUT2D eigenvalue weighted by atomic mass is 9.83. The molecule has 4 rings (SSSR count). The van der Waals surface area contributed by atoms with Crippen LogP contribution in [0.2, 0.25) is 0 Å². The third-order valence-corrected chi connectivity index (χ3v) is 6.41. The summed E-state index contributed by atoms with van der Waals surface area (Å²) in [6.45, 7) is 9.41. The summed E-state index contributed by atoms with van der Waals surface area (Å²) in [7, 11) is 0. The number of aliphatic hydroxyl groups is 1. The van der Waals surface area contributed by atoms with E-state index in [1.165, 1.54) is 30.3 Å². The van der Waals surface area contributed by atoms with Crippen LogP contribution in [0.15, 0.2) is 54.7 Å². The van der Waals surface area contributed by atoms with Crippen LogP contribution in [0.25, 0.3) is 22.4 Å². The smallest absolute Gasteiger partial charge is 0.337 e. The number of carboxylic acids is 1. The van der Waals surface area contributed by atoms with Gasteiger partial charge in [-0.1, -0.05) is 26.8 Å². The summed E-state index contributed by atoms with van der Waals surface area (Å²) in [5.41, 5.74) is 6.30. The summed E-state index contributed by atoms with van der Waals surface area (Å²) in [5.74, 6) is -0.247. The quantitative estimate of drug-likeness (QED) is 0.403. The molecule has 0 atom stereocenters. The minimum Gasteiger partial charge on any atom is -0.493 e. The van der Waals surface area contributed by atoms with Gasteiger partial charge in [-0.05, 0) is 71.8 Å². The Kier molecular flexibility index (Phi) is 7.41. The second-order valence-electron chi connectivity index (χ2n) is 10.0. The van der Waals surface area contributed by atoms with Gasteiger partial charge < -0.3 is 19.8 Å². The summed E-state index contributed by atoms with van der Waals surface area (Å²) in [6.07, 6.45) is 4.39. The highest BCUT2D eigenvalue weighted by atomic mass is 16.5. The molecule has 1 aliphatic rings. The van der Waals surface area contributed by atoms with Crippen LogP contribution in [0.5, 0.6) is 5.75 Å². The van der Waals surface area contributed by atoms with E-state index < -0.39 is 5.97 Å². The van der Waals surface area contributed by atoms with Gasteiger partial charge in [0.05, 0.1) is 17.9 Å². The van der Waals surface area contributed by atoms with E-state index in [1.54, 1.807) is 12.1 Å². The molecule has 0 aliphatic carbocycles. The third kappa shape index (κ3) is 5.65. The maximum absolute atomic E-state index is 11.2. The standard InChI is InChI=1S/C29H34N2O4/c1-29(2,3)24-18-20(8-11-26(24)31-13-4-5-14-31)23-17-21(9-12-27(23)35-16-6-15-32)25-10-7-22(19-30-25)28(33)34/h7-12,17-19,32H,4-6,13-16H2,1-3H3,(H,33,34). The first-order chi connectivity index (χ1) is 16.8. The van der Waals surface area contributed by atoms with Crippen LogP contribution in [0.3, 0.4) is 0 Å². The van der Waals surface area contributed by atoms with Crippen molar-refractivity contribution in [3.8, 4) is 28.1 Å². The number of carboxylic acid groups (broad SMARTS) is 1. The van der Waals surface area contributed by atoms with Gasteiger partial charge in [0, 0.05) is 49.1 Å². The van der Waals surface area contributed by atoms with Crippen molar-refractivity contribution < 1.29 is 19.7 Å². The van der Waals surface area contributed by atoms with Crippen molar-refractivity contribution in [2.75, 3.05) is 31.2 Å². The van der Waals surface area contributed by atoms with Crippen LogP contribution < -0.4 is 9.64 Å². The molecule has 2 N–H and O–H groups in total. The highest BCUT2D eigenvalue weighted by Gasteiger charge is 2.24. The number of nitrogens with zero attached hydrogens (tertiary/aromatic N) is 2. The predicted octanol–water partition coefficient (Wildman–Crippen LogP) is 5.77. The van der Waals surface area contributed by atoms with Crippen LogP contribution in [-0.2, 0) is 5.41 Å². The van der Waals surface area contributed by atoms with Crippen LogP contribution in [-0.4, -0.2) is 47.5 Å². The first-order valence-electron chi connectivity index (χ1n) is 12.3. The van der Waals surface area contributed by atoms with E-state index in [1.807, 2.05) is 18.2 Å². The minimum absolute atomic E-state index is 0.0301. The lowest BCUT2D eigenvalue weighted by Crippen LogP contribution is -2.23. The summed E-state index contributed by atoms with van der Waals surface area (Å²) >= 11 is 0. The van der Waals surface area contributed by atoms with E-state index in [-0.39, 0.29) is 17.6 Å². The Morgan fingerprint density at radius 3 is 2.40 bits per heavy atom. The monoisotopic (exact) mass is 474 g/mol. The average Bonchev–Trinajstić information content (AvgIpc) is 3.38. The number of hydrogen-bond donors (Lipinski definition) is 2. The average molecular weight is 475 g/mol. The molecule has 0 amide bonds. The van der Waals surface area contributed by atoms with Gasteiger partial charge in [-0.15, -0.1) is 0 Å². The predicted molar refractivity (Wildman–Crippen MR) is 139 cm³/mol. The van der Waals surface area contributed by atoms with Crippen molar-refractivity contribution in [3.63, 3.8) is 0 Å². The first kappa shape index (κ1) is 24.7. The van der Waals surface area contributed by atoms with Gasteiger partial charge in [-0.25, -0.2) is 4.79 Å². The molecule has 0 saturated carbocycles. The molecule has 3 aromatic rings. The van der Waals surface area contributed by atoms with Crippen molar-refractivity contribution >= 4 is 11.7 Å². The number of aromatic carboxylic acids is 1. The highest BCUT2D eigenvalue weighted by Crippen LogP contribution is 2.40. The fraction of sp³-hybridized carbons (Fsp3) is 0.379. The van der Waals surface area contributed by atoms with Crippen LogP contribution in [0.4, 0.5) is 5.69 Å². The Balaban J connectivity index is 1.79. The number of carbonyl (C=O) groups is 1. The Morgan fingerprint density at radius 2 is 1.77 bits per heavy atom. The number of benzene rings is 2. The molecular weight excluding hydrogens is 440 g/mol. The minimum atomic E-state index is -0.995. The number of ether oxygens (including phenoxy) is 1. The normalized spacial score (nSPS) is 13.8. The molecule has 1 aliphatic heterocycles. The van der Waals surface area contributed by atoms with Crippen LogP contribution >= 0.6 is 0 Å². The van der Waals surface area contributed by atoms with Crippen molar-refractivity contribution in [2.24, 2.45) is 0 Å². The van der Waals surface area contributed by atoms with E-state index in [0.717, 1.165) is 35.5 Å². The molecule has 6 heteroatoms. The maximum Gasteiger partial charge on any atom is 0.337 e. The number of hydrogen-bond acceptors (Lipinski definition) is 5. The van der Waals surface area contributed by atoms with Gasteiger partial charge in [-0.2, -0.15) is 0 Å².